The highest BCUT2D eigenvalue weighted by molar-refractivity contribution is 5.98. The Morgan fingerprint density at radius 1 is 1.04 bits per heavy atom. The van der Waals surface area contributed by atoms with E-state index in [0.717, 1.165) is 32.1 Å². The summed E-state index contributed by atoms with van der Waals surface area (Å²) in [7, 11) is 2.75. The quantitative estimate of drug-likeness (QED) is 0.825. The van der Waals surface area contributed by atoms with Crippen LogP contribution in [0.1, 0.15) is 59.2 Å². The van der Waals surface area contributed by atoms with Crippen LogP contribution in [0.4, 0.5) is 0 Å². The number of methoxy groups -OCH3 is 2. The van der Waals surface area contributed by atoms with Crippen LogP contribution in [0, 0.1) is 0 Å². The first kappa shape index (κ1) is 18.3. The Kier molecular flexibility index (Phi) is 6.61. The molecule has 1 fully saturated rings. The Bertz CT molecular complexity index is 587. The Morgan fingerprint density at radius 3 is 2.38 bits per heavy atom. The van der Waals surface area contributed by atoms with Crippen LogP contribution in [0.2, 0.25) is 0 Å². The zero-order chi connectivity index (χ0) is 17.5. The second-order valence-electron chi connectivity index (χ2n) is 6.08. The molecule has 2 atom stereocenters. The number of aliphatic hydroxyl groups is 1. The third-order valence-electron chi connectivity index (χ3n) is 4.37. The van der Waals surface area contributed by atoms with E-state index in [2.05, 4.69) is 5.32 Å². The van der Waals surface area contributed by atoms with Crippen molar-refractivity contribution < 1.29 is 24.2 Å². The van der Waals surface area contributed by atoms with Crippen LogP contribution in [0.15, 0.2) is 18.2 Å². The number of amides is 1. The van der Waals surface area contributed by atoms with Crippen LogP contribution < -0.4 is 10.1 Å². The molecule has 0 radical (unpaired) electrons. The van der Waals surface area contributed by atoms with E-state index < -0.39 is 12.1 Å². The number of aliphatic hydroxyl groups excluding tert-OH is 1. The second-order valence-corrected chi connectivity index (χ2v) is 6.08. The molecule has 1 amide bonds. The molecule has 1 aliphatic carbocycles. The van der Waals surface area contributed by atoms with Gasteiger partial charge in [0.25, 0.3) is 5.91 Å². The molecule has 24 heavy (non-hydrogen) atoms. The first-order valence-corrected chi connectivity index (χ1v) is 8.31. The lowest BCUT2D eigenvalue weighted by molar-refractivity contribution is 0.0600. The molecular weight excluding hydrogens is 310 g/mol. The lowest BCUT2D eigenvalue weighted by Gasteiger charge is -2.26. The summed E-state index contributed by atoms with van der Waals surface area (Å²) < 4.78 is 9.85. The number of ether oxygens (including phenoxy) is 2. The molecule has 1 aromatic carbocycles. The van der Waals surface area contributed by atoms with E-state index in [1.807, 2.05) is 0 Å². The summed E-state index contributed by atoms with van der Waals surface area (Å²) in [6.07, 6.45) is 5.09. The smallest absolute Gasteiger partial charge is 0.338 e. The van der Waals surface area contributed by atoms with Crippen LogP contribution in [0.3, 0.4) is 0 Å². The number of hydrogen-bond acceptors (Lipinski definition) is 5. The molecule has 0 heterocycles. The maximum absolute atomic E-state index is 12.6. The van der Waals surface area contributed by atoms with Gasteiger partial charge in [-0.2, -0.15) is 0 Å². The molecule has 1 saturated carbocycles. The van der Waals surface area contributed by atoms with Gasteiger partial charge in [0.15, 0.2) is 0 Å². The van der Waals surface area contributed by atoms with Crippen LogP contribution >= 0.6 is 0 Å². The van der Waals surface area contributed by atoms with Gasteiger partial charge < -0.3 is 19.9 Å². The summed E-state index contributed by atoms with van der Waals surface area (Å²) in [5, 5.41) is 13.1. The molecule has 0 unspecified atom stereocenters. The average Bonchev–Trinajstić information content (AvgIpc) is 2.60. The van der Waals surface area contributed by atoms with Crippen molar-refractivity contribution in [2.45, 2.75) is 50.7 Å². The van der Waals surface area contributed by atoms with Crippen molar-refractivity contribution in [3.8, 4) is 5.75 Å². The number of nitrogens with one attached hydrogen (secondary N) is 1. The predicted molar refractivity (Wildman–Crippen MR) is 89.3 cm³/mol. The van der Waals surface area contributed by atoms with Crippen molar-refractivity contribution in [2.24, 2.45) is 0 Å². The van der Waals surface area contributed by atoms with Crippen LogP contribution in [0.5, 0.6) is 5.75 Å². The third kappa shape index (κ3) is 4.71. The van der Waals surface area contributed by atoms with E-state index in [1.54, 1.807) is 6.07 Å². The van der Waals surface area contributed by atoms with Crippen LogP contribution in [-0.2, 0) is 4.74 Å². The van der Waals surface area contributed by atoms with E-state index in [9.17, 15) is 14.7 Å². The van der Waals surface area contributed by atoms with Gasteiger partial charge in [-0.05, 0) is 31.0 Å². The van der Waals surface area contributed by atoms with Crippen molar-refractivity contribution in [1.29, 1.82) is 0 Å². The molecule has 0 bridgehead atoms. The fraction of sp³-hybridized carbons (Fsp3) is 0.556. The molecule has 2 rings (SSSR count). The van der Waals surface area contributed by atoms with Gasteiger partial charge in [-0.25, -0.2) is 4.79 Å². The Morgan fingerprint density at radius 2 is 1.71 bits per heavy atom. The number of rotatable bonds is 4. The lowest BCUT2D eigenvalue weighted by Crippen LogP contribution is -2.43. The van der Waals surface area contributed by atoms with Gasteiger partial charge in [0, 0.05) is 5.56 Å². The minimum atomic E-state index is -0.542. The van der Waals surface area contributed by atoms with E-state index in [-0.39, 0.29) is 17.5 Å². The normalized spacial score (nSPS) is 21.3. The molecule has 132 valence electrons. The summed E-state index contributed by atoms with van der Waals surface area (Å²) in [6, 6.07) is 4.29. The summed E-state index contributed by atoms with van der Waals surface area (Å²) in [4.78, 5) is 24.3. The molecule has 0 aliphatic heterocycles. The standard InChI is InChI=1S/C18H25NO5/c1-23-14-10-12(9-13(11-14)18(22)24-2)17(21)19-15-7-5-3-4-6-8-16(15)20/h9-11,15-16,20H,3-8H2,1-2H3,(H,19,21)/t15-,16-/m0/s1. The topological polar surface area (TPSA) is 84.9 Å². The lowest BCUT2D eigenvalue weighted by atomic mass is 9.94. The van der Waals surface area contributed by atoms with Gasteiger partial charge in [0.1, 0.15) is 5.75 Å². The number of carbonyl (C=O) groups is 2. The molecule has 6 nitrogen and oxygen atoms in total. The first-order valence-electron chi connectivity index (χ1n) is 8.31. The summed E-state index contributed by atoms with van der Waals surface area (Å²) in [5.74, 6) is -0.459. The fourth-order valence-electron chi connectivity index (χ4n) is 2.97. The highest BCUT2D eigenvalue weighted by Crippen LogP contribution is 2.20. The fourth-order valence-corrected chi connectivity index (χ4v) is 2.97. The van der Waals surface area contributed by atoms with Gasteiger partial charge in [-0.15, -0.1) is 0 Å². The van der Waals surface area contributed by atoms with E-state index in [1.165, 1.54) is 26.4 Å². The molecule has 2 N–H and O–H groups in total. The van der Waals surface area contributed by atoms with Crippen LogP contribution in [0.25, 0.3) is 0 Å². The van der Waals surface area contributed by atoms with Gasteiger partial charge >= 0.3 is 5.97 Å². The number of benzene rings is 1. The zero-order valence-corrected chi connectivity index (χ0v) is 14.2. The molecular formula is C18H25NO5. The second kappa shape index (κ2) is 8.68. The Labute approximate surface area is 142 Å². The maximum atomic E-state index is 12.6. The molecule has 0 spiro atoms. The average molecular weight is 335 g/mol. The van der Waals surface area contributed by atoms with Gasteiger partial charge in [0.05, 0.1) is 31.9 Å². The van der Waals surface area contributed by atoms with Crippen molar-refractivity contribution in [3.63, 3.8) is 0 Å². The van der Waals surface area contributed by atoms with Crippen molar-refractivity contribution in [3.05, 3.63) is 29.3 Å². The Balaban J connectivity index is 2.17. The molecule has 6 heteroatoms. The van der Waals surface area contributed by atoms with E-state index in [4.69, 9.17) is 9.47 Å². The Hall–Kier alpha value is -2.08. The van der Waals surface area contributed by atoms with Gasteiger partial charge in [-0.1, -0.05) is 25.7 Å². The summed E-state index contributed by atoms with van der Waals surface area (Å²) in [5.41, 5.74) is 0.559. The first-order chi connectivity index (χ1) is 11.5. The monoisotopic (exact) mass is 335 g/mol. The van der Waals surface area contributed by atoms with E-state index in [0.29, 0.717) is 17.7 Å². The molecule has 1 aromatic rings. The predicted octanol–water partition coefficient (Wildman–Crippen LogP) is 2.30. The molecule has 0 aromatic heterocycles. The van der Waals surface area contributed by atoms with Gasteiger partial charge in [-0.3, -0.25) is 4.79 Å². The maximum Gasteiger partial charge on any atom is 0.338 e. The van der Waals surface area contributed by atoms with Crippen molar-refractivity contribution in [2.75, 3.05) is 14.2 Å². The van der Waals surface area contributed by atoms with Gasteiger partial charge in [0.2, 0.25) is 0 Å². The summed E-state index contributed by atoms with van der Waals surface area (Å²) >= 11 is 0. The highest BCUT2D eigenvalue weighted by Gasteiger charge is 2.23. The zero-order valence-electron chi connectivity index (χ0n) is 14.2. The number of carbonyl (C=O) groups excluding carboxylic acids is 2. The SMILES string of the molecule is COC(=O)c1cc(OC)cc(C(=O)N[C@H]2CCCCCC[C@@H]2O)c1. The molecule has 1 aliphatic rings. The van der Waals surface area contributed by atoms with Crippen LogP contribution in [-0.4, -0.2) is 43.3 Å². The minimum Gasteiger partial charge on any atom is -0.497 e. The largest absolute Gasteiger partial charge is 0.497 e. The third-order valence-corrected chi connectivity index (χ3v) is 4.37. The van der Waals surface area contributed by atoms with Crippen molar-refractivity contribution >= 4 is 11.9 Å². The highest BCUT2D eigenvalue weighted by atomic mass is 16.5. The van der Waals surface area contributed by atoms with E-state index >= 15 is 0 Å². The summed E-state index contributed by atoms with van der Waals surface area (Å²) in [6.45, 7) is 0. The number of hydrogen-bond donors (Lipinski definition) is 2. The minimum absolute atomic E-state index is 0.250. The number of esters is 1. The molecule has 0 saturated heterocycles. The van der Waals surface area contributed by atoms with Crippen molar-refractivity contribution in [1.82, 2.24) is 5.32 Å².